The Hall–Kier alpha value is -1.46. The van der Waals surface area contributed by atoms with Crippen LogP contribution in [0, 0.1) is 6.08 Å². The monoisotopic (exact) mass is 185 g/mol. The number of halogens is 1. The Morgan fingerprint density at radius 2 is 1.46 bits per heavy atom. The van der Waals surface area contributed by atoms with Gasteiger partial charge in [-0.15, -0.1) is 0 Å². The maximum Gasteiger partial charge on any atom is 0.315 e. The van der Waals surface area contributed by atoms with Crippen molar-refractivity contribution in [3.63, 3.8) is 0 Å². The summed E-state index contributed by atoms with van der Waals surface area (Å²) in [6.45, 7) is 5.06. The van der Waals surface area contributed by atoms with Crippen LogP contribution in [-0.4, -0.2) is 28.0 Å². The molecule has 1 heterocycles. The molecular formula is C7H12FN5. The highest BCUT2D eigenvalue weighted by Gasteiger charge is 2.03. The fraction of sp³-hybridized carbons (Fsp3) is 0.571. The summed E-state index contributed by atoms with van der Waals surface area (Å²) < 4.78 is 12.7. The van der Waals surface area contributed by atoms with Crippen LogP contribution in [0.3, 0.4) is 0 Å². The van der Waals surface area contributed by atoms with E-state index in [0.29, 0.717) is 13.1 Å². The highest BCUT2D eigenvalue weighted by molar-refractivity contribution is 5.32. The summed E-state index contributed by atoms with van der Waals surface area (Å²) in [6.07, 6.45) is -0.776. The van der Waals surface area contributed by atoms with Crippen LogP contribution in [0.4, 0.5) is 16.3 Å². The van der Waals surface area contributed by atoms with Crippen LogP contribution in [0.15, 0.2) is 0 Å². The average Bonchev–Trinajstić information content (AvgIpc) is 2.04. The Morgan fingerprint density at radius 3 is 1.85 bits per heavy atom. The highest BCUT2D eigenvalue weighted by atomic mass is 19.1. The van der Waals surface area contributed by atoms with Crippen molar-refractivity contribution in [3.05, 3.63) is 6.08 Å². The molecule has 2 N–H and O–H groups in total. The lowest BCUT2D eigenvalue weighted by molar-refractivity contribution is 0.536. The number of hydrogen-bond donors (Lipinski definition) is 2. The maximum atomic E-state index is 12.7. The van der Waals surface area contributed by atoms with Gasteiger partial charge in [0.25, 0.3) is 0 Å². The zero-order chi connectivity index (χ0) is 9.68. The Labute approximate surface area is 75.8 Å². The van der Waals surface area contributed by atoms with Crippen molar-refractivity contribution in [2.75, 3.05) is 23.7 Å². The van der Waals surface area contributed by atoms with E-state index < -0.39 is 6.08 Å². The first-order chi connectivity index (χ1) is 6.26. The van der Waals surface area contributed by atoms with E-state index in [1.165, 1.54) is 0 Å². The van der Waals surface area contributed by atoms with Crippen molar-refractivity contribution in [2.45, 2.75) is 13.8 Å². The molecule has 0 aromatic carbocycles. The number of nitrogens with one attached hydrogen (secondary N) is 2. The molecule has 0 aliphatic heterocycles. The molecule has 0 spiro atoms. The number of nitrogens with zero attached hydrogens (tertiary/aromatic N) is 3. The van der Waals surface area contributed by atoms with E-state index in [0.717, 1.165) is 0 Å². The van der Waals surface area contributed by atoms with Gasteiger partial charge in [0, 0.05) is 13.1 Å². The highest BCUT2D eigenvalue weighted by Crippen LogP contribution is 2.03. The Balaban J connectivity index is 2.83. The van der Waals surface area contributed by atoms with Gasteiger partial charge in [-0.05, 0) is 13.8 Å². The molecule has 1 aromatic heterocycles. The lowest BCUT2D eigenvalue weighted by Crippen LogP contribution is -2.09. The third-order valence-corrected chi connectivity index (χ3v) is 1.28. The van der Waals surface area contributed by atoms with Gasteiger partial charge >= 0.3 is 6.08 Å². The smallest absolute Gasteiger partial charge is 0.315 e. The molecule has 0 radical (unpaired) electrons. The largest absolute Gasteiger partial charge is 0.354 e. The van der Waals surface area contributed by atoms with Crippen molar-refractivity contribution in [3.8, 4) is 0 Å². The van der Waals surface area contributed by atoms with Gasteiger partial charge in [0.15, 0.2) is 0 Å². The van der Waals surface area contributed by atoms with Gasteiger partial charge in [-0.25, -0.2) is 0 Å². The molecule has 72 valence electrons. The molecule has 0 atom stereocenters. The summed E-state index contributed by atoms with van der Waals surface area (Å²) >= 11 is 0. The summed E-state index contributed by atoms with van der Waals surface area (Å²) in [6, 6.07) is 0. The van der Waals surface area contributed by atoms with Gasteiger partial charge in [0.2, 0.25) is 11.9 Å². The molecule has 1 rings (SSSR count). The fourth-order valence-corrected chi connectivity index (χ4v) is 0.824. The summed E-state index contributed by atoms with van der Waals surface area (Å²) in [4.78, 5) is 10.9. The number of rotatable bonds is 4. The van der Waals surface area contributed by atoms with E-state index in [-0.39, 0.29) is 11.9 Å². The third kappa shape index (κ3) is 2.81. The minimum absolute atomic E-state index is 0.256. The van der Waals surface area contributed by atoms with E-state index in [4.69, 9.17) is 0 Å². The molecule has 13 heavy (non-hydrogen) atoms. The zero-order valence-electron chi connectivity index (χ0n) is 7.63. The van der Waals surface area contributed by atoms with Crippen molar-refractivity contribution in [1.82, 2.24) is 15.0 Å². The first-order valence-electron chi connectivity index (χ1n) is 4.15. The molecule has 0 amide bonds. The van der Waals surface area contributed by atoms with Gasteiger partial charge in [-0.3, -0.25) is 0 Å². The molecule has 6 heteroatoms. The molecule has 0 saturated heterocycles. The molecule has 1 aromatic rings. The normalized spacial score (nSPS) is 9.77. The summed E-state index contributed by atoms with van der Waals surface area (Å²) in [7, 11) is 0. The predicted molar refractivity (Wildman–Crippen MR) is 48.1 cm³/mol. The fourth-order valence-electron chi connectivity index (χ4n) is 0.824. The summed E-state index contributed by atoms with van der Waals surface area (Å²) in [5.41, 5.74) is 0. The van der Waals surface area contributed by atoms with Gasteiger partial charge in [0.1, 0.15) is 0 Å². The number of anilines is 2. The first kappa shape index (κ1) is 9.63. The molecule has 0 bridgehead atoms. The van der Waals surface area contributed by atoms with Crippen LogP contribution in [-0.2, 0) is 0 Å². The minimum Gasteiger partial charge on any atom is -0.354 e. The van der Waals surface area contributed by atoms with Crippen LogP contribution < -0.4 is 10.6 Å². The molecule has 0 unspecified atom stereocenters. The second-order valence-electron chi connectivity index (χ2n) is 2.31. The Bertz CT molecular complexity index is 253. The van der Waals surface area contributed by atoms with Crippen molar-refractivity contribution in [1.29, 1.82) is 0 Å². The zero-order valence-corrected chi connectivity index (χ0v) is 7.63. The second kappa shape index (κ2) is 4.54. The SMILES string of the molecule is CCNc1nc(F)nc(NCC)n1. The summed E-state index contributed by atoms with van der Waals surface area (Å²) in [5.74, 6) is 0.511. The third-order valence-electron chi connectivity index (χ3n) is 1.28. The van der Waals surface area contributed by atoms with Gasteiger partial charge < -0.3 is 10.6 Å². The summed E-state index contributed by atoms with van der Waals surface area (Å²) in [5, 5.41) is 5.61. The van der Waals surface area contributed by atoms with Crippen molar-refractivity contribution < 1.29 is 4.39 Å². The molecule has 0 aliphatic rings. The Morgan fingerprint density at radius 1 is 1.00 bits per heavy atom. The van der Waals surface area contributed by atoms with Crippen molar-refractivity contribution >= 4 is 11.9 Å². The maximum absolute atomic E-state index is 12.7. The van der Waals surface area contributed by atoms with E-state index >= 15 is 0 Å². The second-order valence-corrected chi connectivity index (χ2v) is 2.31. The number of hydrogen-bond acceptors (Lipinski definition) is 5. The standard InChI is InChI=1S/C7H12FN5/c1-3-9-6-11-5(8)12-7(13-6)10-4-2/h3-4H2,1-2H3,(H2,9,10,11,12,13). The average molecular weight is 185 g/mol. The van der Waals surface area contributed by atoms with E-state index in [9.17, 15) is 4.39 Å². The lowest BCUT2D eigenvalue weighted by atomic mass is 10.7. The molecular weight excluding hydrogens is 173 g/mol. The van der Waals surface area contributed by atoms with Crippen LogP contribution in [0.25, 0.3) is 0 Å². The minimum atomic E-state index is -0.776. The lowest BCUT2D eigenvalue weighted by Gasteiger charge is -2.04. The van der Waals surface area contributed by atoms with E-state index in [1.807, 2.05) is 13.8 Å². The quantitative estimate of drug-likeness (QED) is 0.728. The van der Waals surface area contributed by atoms with Gasteiger partial charge in [-0.1, -0.05) is 0 Å². The molecule has 0 saturated carbocycles. The van der Waals surface area contributed by atoms with Crippen LogP contribution in [0.5, 0.6) is 0 Å². The van der Waals surface area contributed by atoms with Crippen LogP contribution >= 0.6 is 0 Å². The van der Waals surface area contributed by atoms with Crippen LogP contribution in [0.1, 0.15) is 13.8 Å². The predicted octanol–water partition coefficient (Wildman–Crippen LogP) is 0.874. The van der Waals surface area contributed by atoms with E-state index in [1.54, 1.807) is 0 Å². The Kier molecular flexibility index (Phi) is 3.36. The molecule has 5 nitrogen and oxygen atoms in total. The van der Waals surface area contributed by atoms with E-state index in [2.05, 4.69) is 25.6 Å². The molecule has 0 fully saturated rings. The van der Waals surface area contributed by atoms with Gasteiger partial charge in [0.05, 0.1) is 0 Å². The van der Waals surface area contributed by atoms with Crippen LogP contribution in [0.2, 0.25) is 0 Å². The number of aromatic nitrogens is 3. The molecule has 0 aliphatic carbocycles. The van der Waals surface area contributed by atoms with Gasteiger partial charge in [-0.2, -0.15) is 19.3 Å². The first-order valence-corrected chi connectivity index (χ1v) is 4.15. The topological polar surface area (TPSA) is 62.7 Å². The van der Waals surface area contributed by atoms with Crippen molar-refractivity contribution in [2.24, 2.45) is 0 Å².